The van der Waals surface area contributed by atoms with Gasteiger partial charge < -0.3 is 4.57 Å². The summed E-state index contributed by atoms with van der Waals surface area (Å²) in [6.45, 7) is 14.3. The Hall–Kier alpha value is -0.0831. The van der Waals surface area contributed by atoms with Crippen molar-refractivity contribution >= 4 is 8.24 Å². The van der Waals surface area contributed by atoms with Crippen LogP contribution in [0, 0.1) is 5.92 Å². The van der Waals surface area contributed by atoms with E-state index in [4.69, 9.17) is 0 Å². The van der Waals surface area contributed by atoms with Gasteiger partial charge in [0.1, 0.15) is 8.24 Å². The van der Waals surface area contributed by atoms with Gasteiger partial charge in [0.15, 0.2) is 0 Å². The first-order chi connectivity index (χ1) is 8.16. The standard InChI is InChI=1S/C15H29NSi/c1-5-12-17(16-10-11-16)13-8-9-14(4)15(17,6-2)7-3/h5,14H,1,6-13H2,2-4H3. The molecule has 2 fully saturated rings. The molecule has 0 saturated carbocycles. The van der Waals surface area contributed by atoms with Crippen LogP contribution in [0.15, 0.2) is 12.7 Å². The summed E-state index contributed by atoms with van der Waals surface area (Å²) in [6.07, 6.45) is 7.95. The van der Waals surface area contributed by atoms with E-state index in [0.717, 1.165) is 5.92 Å². The number of nitrogens with zero attached hydrogens (tertiary/aromatic N) is 1. The monoisotopic (exact) mass is 251 g/mol. The highest BCUT2D eigenvalue weighted by Gasteiger charge is 2.60. The normalized spacial score (nSPS) is 36.8. The van der Waals surface area contributed by atoms with Crippen LogP contribution >= 0.6 is 0 Å². The van der Waals surface area contributed by atoms with Gasteiger partial charge >= 0.3 is 0 Å². The molecule has 2 aliphatic rings. The molecule has 2 unspecified atom stereocenters. The van der Waals surface area contributed by atoms with Gasteiger partial charge in [-0.2, -0.15) is 0 Å². The zero-order chi connectivity index (χ0) is 12.5. The van der Waals surface area contributed by atoms with Crippen LogP contribution in [0.1, 0.15) is 46.5 Å². The Bertz CT molecular complexity index is 281. The van der Waals surface area contributed by atoms with Crippen molar-refractivity contribution in [3.63, 3.8) is 0 Å². The van der Waals surface area contributed by atoms with Crippen LogP contribution in [0.3, 0.4) is 0 Å². The second-order valence-corrected chi connectivity index (χ2v) is 10.8. The van der Waals surface area contributed by atoms with Gasteiger partial charge in [0.2, 0.25) is 0 Å². The van der Waals surface area contributed by atoms with Gasteiger partial charge in [0.25, 0.3) is 0 Å². The van der Waals surface area contributed by atoms with Gasteiger partial charge in [-0.15, -0.1) is 6.58 Å². The van der Waals surface area contributed by atoms with Crippen molar-refractivity contribution in [1.82, 2.24) is 4.57 Å². The maximum absolute atomic E-state index is 4.08. The van der Waals surface area contributed by atoms with Crippen molar-refractivity contribution in [2.45, 2.75) is 63.6 Å². The summed E-state index contributed by atoms with van der Waals surface area (Å²) < 4.78 is 2.89. The fraction of sp³-hybridized carbons (Fsp3) is 0.867. The molecule has 2 heteroatoms. The van der Waals surface area contributed by atoms with Crippen LogP contribution in [-0.4, -0.2) is 25.9 Å². The van der Waals surface area contributed by atoms with Gasteiger partial charge in [-0.3, -0.25) is 0 Å². The summed E-state index contributed by atoms with van der Waals surface area (Å²) >= 11 is 0. The van der Waals surface area contributed by atoms with E-state index in [-0.39, 0.29) is 0 Å². The quantitative estimate of drug-likeness (QED) is 0.397. The molecule has 98 valence electrons. The maximum atomic E-state index is 4.08. The van der Waals surface area contributed by atoms with E-state index in [1.54, 1.807) is 0 Å². The first-order valence-electron chi connectivity index (χ1n) is 7.53. The SMILES string of the molecule is C=CC[Si]1(N2CC2)CCCC(C)C1(CC)CC. The first kappa shape index (κ1) is 13.4. The van der Waals surface area contributed by atoms with Crippen molar-refractivity contribution < 1.29 is 0 Å². The lowest BCUT2D eigenvalue weighted by atomic mass is 9.84. The van der Waals surface area contributed by atoms with E-state index in [1.807, 2.05) is 0 Å². The van der Waals surface area contributed by atoms with E-state index in [2.05, 4.69) is 38.0 Å². The third-order valence-electron chi connectivity index (χ3n) is 5.89. The third kappa shape index (κ3) is 1.84. The largest absolute Gasteiger partial charge is 0.320 e. The van der Waals surface area contributed by atoms with Crippen molar-refractivity contribution in [3.8, 4) is 0 Å². The minimum Gasteiger partial charge on any atom is -0.320 e. The fourth-order valence-electron chi connectivity index (χ4n) is 4.91. The van der Waals surface area contributed by atoms with Gasteiger partial charge in [0.05, 0.1) is 0 Å². The number of hydrogen-bond acceptors (Lipinski definition) is 1. The molecule has 0 aromatic rings. The number of allylic oxidation sites excluding steroid dienone is 1. The average molecular weight is 251 g/mol. The third-order valence-corrected chi connectivity index (χ3v) is 12.8. The highest BCUT2D eigenvalue weighted by Crippen LogP contribution is 2.61. The van der Waals surface area contributed by atoms with Crippen molar-refractivity contribution in [2.24, 2.45) is 5.92 Å². The summed E-state index contributed by atoms with van der Waals surface area (Å²) in [7, 11) is -1.28. The van der Waals surface area contributed by atoms with Crippen molar-refractivity contribution in [2.75, 3.05) is 13.1 Å². The van der Waals surface area contributed by atoms with Crippen LogP contribution in [0.2, 0.25) is 17.1 Å². The smallest absolute Gasteiger partial charge is 0.138 e. The van der Waals surface area contributed by atoms with Crippen LogP contribution in [0.4, 0.5) is 0 Å². The first-order valence-corrected chi connectivity index (χ1v) is 9.89. The summed E-state index contributed by atoms with van der Waals surface area (Å²) in [5.41, 5.74) is 0. The molecular formula is C15H29NSi. The topological polar surface area (TPSA) is 3.01 Å². The van der Waals surface area contributed by atoms with E-state index < -0.39 is 8.24 Å². The van der Waals surface area contributed by atoms with E-state index in [0.29, 0.717) is 5.04 Å². The van der Waals surface area contributed by atoms with Gasteiger partial charge in [-0.05, 0) is 23.0 Å². The van der Waals surface area contributed by atoms with E-state index in [9.17, 15) is 0 Å². The zero-order valence-electron chi connectivity index (χ0n) is 12.0. The molecule has 2 rings (SSSR count). The Morgan fingerprint density at radius 3 is 2.47 bits per heavy atom. The molecule has 0 N–H and O–H groups in total. The molecule has 2 saturated heterocycles. The van der Waals surface area contributed by atoms with Crippen LogP contribution in [0.5, 0.6) is 0 Å². The summed E-state index contributed by atoms with van der Waals surface area (Å²) in [4.78, 5) is 0. The molecule has 2 heterocycles. The average Bonchev–Trinajstić information content (AvgIpc) is 3.14. The molecule has 17 heavy (non-hydrogen) atoms. The Balaban J connectivity index is 2.40. The van der Waals surface area contributed by atoms with E-state index in [1.165, 1.54) is 50.9 Å². The Kier molecular flexibility index (Phi) is 3.84. The van der Waals surface area contributed by atoms with Crippen molar-refractivity contribution in [3.05, 3.63) is 12.7 Å². The zero-order valence-corrected chi connectivity index (χ0v) is 13.0. The molecule has 2 atom stereocenters. The van der Waals surface area contributed by atoms with Gasteiger partial charge in [-0.1, -0.05) is 52.5 Å². The highest BCUT2D eigenvalue weighted by molar-refractivity contribution is 6.81. The fourth-order valence-corrected chi connectivity index (χ4v) is 11.8. The Morgan fingerprint density at radius 2 is 2.00 bits per heavy atom. The molecular weight excluding hydrogens is 222 g/mol. The number of hydrogen-bond donors (Lipinski definition) is 0. The minimum absolute atomic E-state index is 0.663. The summed E-state index contributed by atoms with van der Waals surface area (Å²) in [6, 6.07) is 2.87. The predicted octanol–water partition coefficient (Wildman–Crippen LogP) is 4.42. The molecule has 0 aromatic carbocycles. The van der Waals surface area contributed by atoms with Gasteiger partial charge in [-0.25, -0.2) is 0 Å². The number of rotatable bonds is 5. The molecule has 0 spiro atoms. The van der Waals surface area contributed by atoms with Crippen LogP contribution in [0.25, 0.3) is 0 Å². The summed E-state index contributed by atoms with van der Waals surface area (Å²) in [5, 5.41) is 0.663. The van der Waals surface area contributed by atoms with Crippen LogP contribution in [-0.2, 0) is 0 Å². The molecule has 0 amide bonds. The summed E-state index contributed by atoms with van der Waals surface area (Å²) in [5.74, 6) is 0.929. The van der Waals surface area contributed by atoms with E-state index >= 15 is 0 Å². The molecule has 2 aliphatic heterocycles. The van der Waals surface area contributed by atoms with Gasteiger partial charge in [0, 0.05) is 13.1 Å². The van der Waals surface area contributed by atoms with Crippen molar-refractivity contribution in [1.29, 1.82) is 0 Å². The predicted molar refractivity (Wildman–Crippen MR) is 78.8 cm³/mol. The molecule has 1 nitrogen and oxygen atoms in total. The Morgan fingerprint density at radius 1 is 1.35 bits per heavy atom. The Labute approximate surface area is 108 Å². The second kappa shape index (κ2) is 4.89. The molecule has 0 aromatic heterocycles. The highest BCUT2D eigenvalue weighted by atomic mass is 28.3. The lowest BCUT2D eigenvalue weighted by Gasteiger charge is -2.56. The second-order valence-electron chi connectivity index (χ2n) is 6.17. The van der Waals surface area contributed by atoms with Crippen LogP contribution < -0.4 is 0 Å². The molecule has 0 aliphatic carbocycles. The molecule has 0 bridgehead atoms. The minimum atomic E-state index is -1.28. The lowest BCUT2D eigenvalue weighted by molar-refractivity contribution is 0.284. The molecule has 0 radical (unpaired) electrons. The maximum Gasteiger partial charge on any atom is 0.138 e. The lowest BCUT2D eigenvalue weighted by Crippen LogP contribution is -2.58.